The fourth-order valence-electron chi connectivity index (χ4n) is 4.32. The van der Waals surface area contributed by atoms with Gasteiger partial charge in [0.1, 0.15) is 28.2 Å². The lowest BCUT2D eigenvalue weighted by Gasteiger charge is -2.49. The predicted octanol–water partition coefficient (Wildman–Crippen LogP) is 1.34. The average molecular weight is 628 g/mol. The number of β-lactam (4-membered cyclic amide) rings is 1. The highest BCUT2D eigenvalue weighted by Gasteiger charge is 2.54. The molecule has 5 rings (SSSR count). The van der Waals surface area contributed by atoms with Crippen molar-refractivity contribution in [3.63, 3.8) is 0 Å². The van der Waals surface area contributed by atoms with E-state index in [1.807, 2.05) is 6.92 Å². The van der Waals surface area contributed by atoms with E-state index >= 15 is 0 Å². The van der Waals surface area contributed by atoms with Gasteiger partial charge in [0, 0.05) is 23.9 Å². The molecule has 1 fully saturated rings. The summed E-state index contributed by atoms with van der Waals surface area (Å²) < 4.78 is 0.683. The number of amides is 3. The number of aryl methyl sites for hydroxylation is 1. The summed E-state index contributed by atoms with van der Waals surface area (Å²) in [5, 5.41) is 32.5. The molecule has 0 spiro atoms. The summed E-state index contributed by atoms with van der Waals surface area (Å²) in [5.41, 5.74) is -0.292. The number of fused-ring (bicyclic) bond motifs is 1. The normalized spacial score (nSPS) is 18.5. The third kappa shape index (κ3) is 5.83. The standard InChI is InChI=1S/C25H21N7O7S3/c1-11-30-31-25(42-11)41-10-13-9-40-22-17(21(35)32(22)18(13)24(38)39)29-19(33)14(12-5-3-2-4-6-12)28-20(34)15-16(23(36)37)27-8-7-26-15/h2-8,14,17,22H,9-10H2,1H3,(H,28,34)(H,29,33)(H,36,37)(H,38,39)/t14-,17?,22-/m1/s1. The Morgan fingerprint density at radius 2 is 1.79 bits per heavy atom. The Balaban J connectivity index is 1.33. The first kappa shape index (κ1) is 29.2. The minimum absolute atomic E-state index is 0.125. The monoisotopic (exact) mass is 627 g/mol. The molecule has 4 heterocycles. The summed E-state index contributed by atoms with van der Waals surface area (Å²) in [4.78, 5) is 72.1. The zero-order valence-electron chi connectivity index (χ0n) is 21.6. The molecule has 3 amide bonds. The third-order valence-electron chi connectivity index (χ3n) is 6.21. The van der Waals surface area contributed by atoms with Crippen molar-refractivity contribution < 1.29 is 34.2 Å². The minimum atomic E-state index is -1.47. The van der Waals surface area contributed by atoms with Crippen LogP contribution in [0.25, 0.3) is 0 Å². The van der Waals surface area contributed by atoms with Gasteiger partial charge >= 0.3 is 11.9 Å². The van der Waals surface area contributed by atoms with E-state index in [2.05, 4.69) is 30.8 Å². The van der Waals surface area contributed by atoms with Gasteiger partial charge in [-0.25, -0.2) is 19.6 Å². The van der Waals surface area contributed by atoms with E-state index in [1.54, 1.807) is 30.3 Å². The van der Waals surface area contributed by atoms with Crippen molar-refractivity contribution in [1.82, 2.24) is 35.7 Å². The van der Waals surface area contributed by atoms with Gasteiger partial charge in [0.15, 0.2) is 15.7 Å². The number of nitrogens with one attached hydrogen (secondary N) is 2. The van der Waals surface area contributed by atoms with Gasteiger partial charge in [0.25, 0.3) is 11.8 Å². The van der Waals surface area contributed by atoms with Gasteiger partial charge in [-0.2, -0.15) is 0 Å². The second kappa shape index (κ2) is 12.3. The van der Waals surface area contributed by atoms with Crippen LogP contribution in [-0.2, 0) is 14.4 Å². The molecule has 2 aliphatic rings. The average Bonchev–Trinajstić information content (AvgIpc) is 3.41. The number of aliphatic carboxylic acids is 1. The Morgan fingerprint density at radius 1 is 1.07 bits per heavy atom. The van der Waals surface area contributed by atoms with E-state index < -0.39 is 58.5 Å². The van der Waals surface area contributed by atoms with Crippen LogP contribution in [0.3, 0.4) is 0 Å². The molecule has 2 aromatic heterocycles. The molecule has 2 aliphatic heterocycles. The van der Waals surface area contributed by atoms with Crippen molar-refractivity contribution in [3.05, 3.63) is 76.0 Å². The summed E-state index contributed by atoms with van der Waals surface area (Å²) in [6.45, 7) is 1.81. The molecule has 14 nitrogen and oxygen atoms in total. The Labute approximate surface area is 250 Å². The van der Waals surface area contributed by atoms with Crippen LogP contribution >= 0.6 is 34.9 Å². The fourth-order valence-corrected chi connectivity index (χ4v) is 7.62. The molecule has 1 unspecified atom stereocenters. The van der Waals surface area contributed by atoms with Crippen molar-refractivity contribution in [2.45, 2.75) is 28.7 Å². The molecule has 0 aliphatic carbocycles. The number of carbonyl (C=O) groups excluding carboxylic acids is 3. The Morgan fingerprint density at radius 3 is 2.43 bits per heavy atom. The lowest BCUT2D eigenvalue weighted by atomic mass is 10.0. The summed E-state index contributed by atoms with van der Waals surface area (Å²) in [5.74, 6) is -4.41. The lowest BCUT2D eigenvalue weighted by Crippen LogP contribution is -2.71. The highest BCUT2D eigenvalue weighted by molar-refractivity contribution is 8.01. The van der Waals surface area contributed by atoms with E-state index in [0.29, 0.717) is 27.0 Å². The van der Waals surface area contributed by atoms with Crippen molar-refractivity contribution in [2.75, 3.05) is 11.5 Å². The van der Waals surface area contributed by atoms with Crippen LogP contribution in [0.15, 0.2) is 58.3 Å². The van der Waals surface area contributed by atoms with Crippen molar-refractivity contribution in [2.24, 2.45) is 0 Å². The molecule has 0 bridgehead atoms. The first-order valence-electron chi connectivity index (χ1n) is 12.2. The quantitative estimate of drug-likeness (QED) is 0.185. The molecular formula is C25H21N7O7S3. The molecule has 17 heteroatoms. The first-order chi connectivity index (χ1) is 20.2. The molecule has 42 heavy (non-hydrogen) atoms. The lowest BCUT2D eigenvalue weighted by molar-refractivity contribution is -0.151. The van der Waals surface area contributed by atoms with Crippen LogP contribution in [0, 0.1) is 6.92 Å². The van der Waals surface area contributed by atoms with Crippen LogP contribution < -0.4 is 10.6 Å². The minimum Gasteiger partial charge on any atom is -0.477 e. The van der Waals surface area contributed by atoms with E-state index in [9.17, 15) is 34.2 Å². The topological polar surface area (TPSA) is 205 Å². The molecule has 4 N–H and O–H groups in total. The number of hydrogen-bond donors (Lipinski definition) is 4. The van der Waals surface area contributed by atoms with Gasteiger partial charge in [-0.15, -0.1) is 22.0 Å². The zero-order chi connectivity index (χ0) is 30.0. The summed E-state index contributed by atoms with van der Waals surface area (Å²) in [6, 6.07) is 5.79. The number of benzene rings is 1. The third-order valence-corrected chi connectivity index (χ3v) is 9.61. The Bertz CT molecular complexity index is 1610. The summed E-state index contributed by atoms with van der Waals surface area (Å²) in [7, 11) is 0. The number of nitrogens with zero attached hydrogens (tertiary/aromatic N) is 5. The van der Waals surface area contributed by atoms with Gasteiger partial charge in [0.05, 0.1) is 0 Å². The maximum atomic E-state index is 13.5. The molecule has 216 valence electrons. The van der Waals surface area contributed by atoms with Crippen molar-refractivity contribution in [3.8, 4) is 0 Å². The number of rotatable bonds is 10. The zero-order valence-corrected chi connectivity index (χ0v) is 24.0. The number of carboxylic acid groups (broad SMARTS) is 2. The second-order valence-corrected chi connectivity index (χ2v) is 12.4. The number of aromatic carboxylic acids is 1. The fraction of sp³-hybridized carbons (Fsp3) is 0.240. The molecule has 3 atom stereocenters. The van der Waals surface area contributed by atoms with Gasteiger partial charge < -0.3 is 20.8 Å². The number of carboxylic acids is 2. The van der Waals surface area contributed by atoms with Crippen LogP contribution in [-0.4, -0.2) is 87.9 Å². The Kier molecular flexibility index (Phi) is 8.51. The number of carbonyl (C=O) groups is 5. The van der Waals surface area contributed by atoms with Crippen LogP contribution in [0.4, 0.5) is 0 Å². The highest BCUT2D eigenvalue weighted by Crippen LogP contribution is 2.42. The maximum absolute atomic E-state index is 13.5. The molecule has 1 aromatic carbocycles. The summed E-state index contributed by atoms with van der Waals surface area (Å²) >= 11 is 4.03. The number of thioether (sulfide) groups is 2. The Hall–Kier alpha value is -4.35. The molecule has 0 saturated carbocycles. The highest BCUT2D eigenvalue weighted by atomic mass is 32.2. The van der Waals surface area contributed by atoms with Crippen molar-refractivity contribution >= 4 is 64.5 Å². The first-order valence-corrected chi connectivity index (χ1v) is 15.0. The van der Waals surface area contributed by atoms with Crippen LogP contribution in [0.2, 0.25) is 0 Å². The predicted molar refractivity (Wildman–Crippen MR) is 151 cm³/mol. The number of hydrogen-bond acceptors (Lipinski definition) is 12. The van der Waals surface area contributed by atoms with Gasteiger partial charge in [0.2, 0.25) is 5.91 Å². The van der Waals surface area contributed by atoms with Gasteiger partial charge in [-0.3, -0.25) is 19.3 Å². The largest absolute Gasteiger partial charge is 0.477 e. The molecule has 1 saturated heterocycles. The van der Waals surface area contributed by atoms with Crippen molar-refractivity contribution in [1.29, 1.82) is 0 Å². The smallest absolute Gasteiger partial charge is 0.356 e. The SMILES string of the molecule is Cc1nnc(SCC2=C(C(=O)O)N3C(=O)C(NC(=O)[C@H](NC(=O)c4nccnc4C(=O)O)c4ccccc4)[C@H]3SC2)s1. The van der Waals surface area contributed by atoms with Crippen LogP contribution in [0.1, 0.15) is 37.6 Å². The number of aromatic nitrogens is 4. The van der Waals surface area contributed by atoms with E-state index in [0.717, 1.165) is 22.3 Å². The molecule has 0 radical (unpaired) electrons. The van der Waals surface area contributed by atoms with E-state index in [1.165, 1.54) is 34.9 Å². The second-order valence-electron chi connectivity index (χ2n) is 8.90. The van der Waals surface area contributed by atoms with Gasteiger partial charge in [-0.1, -0.05) is 53.4 Å². The van der Waals surface area contributed by atoms with E-state index in [-0.39, 0.29) is 5.70 Å². The van der Waals surface area contributed by atoms with Crippen LogP contribution in [0.5, 0.6) is 0 Å². The van der Waals surface area contributed by atoms with E-state index in [4.69, 9.17) is 0 Å². The molecular weight excluding hydrogens is 607 g/mol. The summed E-state index contributed by atoms with van der Waals surface area (Å²) in [6.07, 6.45) is 2.27. The van der Waals surface area contributed by atoms with Gasteiger partial charge in [-0.05, 0) is 18.1 Å². The maximum Gasteiger partial charge on any atom is 0.356 e. The molecule has 3 aromatic rings.